The fraction of sp³-hybridized carbons (Fsp3) is 0.438. The maximum Gasteiger partial charge on any atom is 0.154 e. The summed E-state index contributed by atoms with van der Waals surface area (Å²) in [5.41, 5.74) is 1.75. The van der Waals surface area contributed by atoms with Crippen LogP contribution in [0.2, 0.25) is 0 Å². The van der Waals surface area contributed by atoms with E-state index in [-0.39, 0.29) is 17.4 Å². The Morgan fingerprint density at radius 3 is 2.55 bits per heavy atom. The molecule has 1 aliphatic rings. The van der Waals surface area contributed by atoms with Crippen molar-refractivity contribution in [1.82, 2.24) is 9.78 Å². The molecule has 1 aromatic carbocycles. The molecule has 0 spiro atoms. The molecule has 1 saturated heterocycles. The van der Waals surface area contributed by atoms with Gasteiger partial charge in [-0.25, -0.2) is 13.1 Å². The number of benzene rings is 1. The van der Waals surface area contributed by atoms with Crippen molar-refractivity contribution in [2.45, 2.75) is 18.6 Å². The van der Waals surface area contributed by atoms with E-state index in [2.05, 4.69) is 5.10 Å². The monoisotopic (exact) mass is 320 g/mol. The summed E-state index contributed by atoms with van der Waals surface area (Å²) in [4.78, 5) is 0. The number of sulfone groups is 1. The lowest BCUT2D eigenvalue weighted by atomic mass is 10.0. The fourth-order valence-corrected chi connectivity index (χ4v) is 4.62. The molecule has 2 aromatic rings. The van der Waals surface area contributed by atoms with E-state index in [1.54, 1.807) is 10.9 Å². The highest BCUT2D eigenvalue weighted by molar-refractivity contribution is 7.90. The topological polar surface area (TPSA) is 61.2 Å². The van der Waals surface area contributed by atoms with Gasteiger partial charge in [-0.2, -0.15) is 5.10 Å². The molecule has 0 bridgehead atoms. The van der Waals surface area contributed by atoms with Crippen LogP contribution in [0.3, 0.4) is 0 Å². The summed E-state index contributed by atoms with van der Waals surface area (Å²) in [6, 6.07) is 9.36. The summed E-state index contributed by atoms with van der Waals surface area (Å²) in [7, 11) is -3.08. The number of rotatable bonds is 5. The minimum absolute atomic E-state index is 0.101. The summed E-state index contributed by atoms with van der Waals surface area (Å²) >= 11 is 0. The van der Waals surface area contributed by atoms with Crippen molar-refractivity contribution in [2.24, 2.45) is 5.92 Å². The maximum atomic E-state index is 12.3. The number of hydrogen-bond acceptors (Lipinski definition) is 4. The second kappa shape index (κ2) is 6.62. The Morgan fingerprint density at radius 1 is 1.18 bits per heavy atom. The minimum atomic E-state index is -3.08. The Bertz CT molecular complexity index is 688. The van der Waals surface area contributed by atoms with Crippen LogP contribution in [0.5, 0.6) is 0 Å². The highest BCUT2D eigenvalue weighted by Crippen LogP contribution is 2.19. The summed E-state index contributed by atoms with van der Waals surface area (Å²) in [5, 5.41) is 4.15. The smallest absolute Gasteiger partial charge is 0.154 e. The number of aromatic nitrogens is 2. The van der Waals surface area contributed by atoms with Crippen molar-refractivity contribution in [1.29, 1.82) is 0 Å². The van der Waals surface area contributed by atoms with Crippen molar-refractivity contribution >= 4 is 9.84 Å². The van der Waals surface area contributed by atoms with Gasteiger partial charge in [-0.05, 0) is 42.5 Å². The first-order valence-corrected chi connectivity index (χ1v) is 9.32. The number of nitrogens with zero attached hydrogens (tertiary/aromatic N) is 2. The molecule has 118 valence electrons. The molecule has 0 radical (unpaired) electrons. The van der Waals surface area contributed by atoms with Crippen LogP contribution in [-0.4, -0.2) is 37.2 Å². The van der Waals surface area contributed by atoms with Crippen molar-refractivity contribution < 1.29 is 13.2 Å². The van der Waals surface area contributed by atoms with E-state index in [1.165, 1.54) is 0 Å². The lowest BCUT2D eigenvalue weighted by Gasteiger charge is -2.21. The van der Waals surface area contributed by atoms with Crippen LogP contribution in [0.15, 0.2) is 42.7 Å². The van der Waals surface area contributed by atoms with Crippen molar-refractivity contribution in [3.05, 3.63) is 48.3 Å². The Balaban J connectivity index is 1.64. The summed E-state index contributed by atoms with van der Waals surface area (Å²) in [5.74, 6) is 0.600. The number of hydrogen-bond donors (Lipinski definition) is 0. The van der Waals surface area contributed by atoms with Gasteiger partial charge in [0.25, 0.3) is 0 Å². The van der Waals surface area contributed by atoms with Crippen LogP contribution < -0.4 is 0 Å². The predicted octanol–water partition coefficient (Wildman–Crippen LogP) is 2.21. The molecule has 0 saturated carbocycles. The van der Waals surface area contributed by atoms with Crippen molar-refractivity contribution in [3.8, 4) is 5.69 Å². The third-order valence-electron chi connectivity index (χ3n) is 3.92. The molecule has 1 aliphatic heterocycles. The van der Waals surface area contributed by atoms with Gasteiger partial charge in [0, 0.05) is 25.6 Å². The molecular weight excluding hydrogens is 300 g/mol. The van der Waals surface area contributed by atoms with Gasteiger partial charge in [0.05, 0.1) is 17.2 Å². The molecule has 1 fully saturated rings. The first-order valence-electron chi connectivity index (χ1n) is 7.49. The third-order valence-corrected chi connectivity index (χ3v) is 5.67. The van der Waals surface area contributed by atoms with E-state index in [9.17, 15) is 8.42 Å². The molecule has 6 heteroatoms. The Labute approximate surface area is 130 Å². The van der Waals surface area contributed by atoms with Gasteiger partial charge >= 0.3 is 0 Å². The van der Waals surface area contributed by atoms with Gasteiger partial charge in [-0.3, -0.25) is 0 Å². The van der Waals surface area contributed by atoms with E-state index < -0.39 is 9.84 Å². The third kappa shape index (κ3) is 3.96. The molecule has 0 unspecified atom stereocenters. The van der Waals surface area contributed by atoms with Crippen LogP contribution in [0.25, 0.3) is 5.69 Å². The van der Waals surface area contributed by atoms with E-state index >= 15 is 0 Å². The van der Waals surface area contributed by atoms with Crippen LogP contribution in [0, 0.1) is 5.92 Å². The van der Waals surface area contributed by atoms with E-state index in [1.807, 2.05) is 36.5 Å². The van der Waals surface area contributed by atoms with Crippen LogP contribution in [0.4, 0.5) is 0 Å². The lowest BCUT2D eigenvalue weighted by molar-refractivity contribution is 0.0723. The molecule has 1 aromatic heterocycles. The zero-order valence-corrected chi connectivity index (χ0v) is 13.2. The van der Waals surface area contributed by atoms with Crippen molar-refractivity contribution in [3.63, 3.8) is 0 Å². The average Bonchev–Trinajstić information content (AvgIpc) is 3.02. The first kappa shape index (κ1) is 15.2. The molecular formula is C16H20N2O3S. The minimum Gasteiger partial charge on any atom is -0.381 e. The quantitative estimate of drug-likeness (QED) is 0.847. The zero-order chi connectivity index (χ0) is 15.4. The Hall–Kier alpha value is -1.66. The van der Waals surface area contributed by atoms with Gasteiger partial charge in [-0.1, -0.05) is 12.1 Å². The van der Waals surface area contributed by atoms with Crippen LogP contribution in [-0.2, 0) is 20.3 Å². The predicted molar refractivity (Wildman–Crippen MR) is 84.6 cm³/mol. The van der Waals surface area contributed by atoms with E-state index in [0.29, 0.717) is 13.2 Å². The van der Waals surface area contributed by atoms with Crippen LogP contribution >= 0.6 is 0 Å². The highest BCUT2D eigenvalue weighted by atomic mass is 32.2. The molecule has 22 heavy (non-hydrogen) atoms. The first-order chi connectivity index (χ1) is 10.6. The van der Waals surface area contributed by atoms with Crippen LogP contribution in [0.1, 0.15) is 18.4 Å². The normalized spacial score (nSPS) is 16.7. The lowest BCUT2D eigenvalue weighted by Crippen LogP contribution is -2.24. The summed E-state index contributed by atoms with van der Waals surface area (Å²) in [6.45, 7) is 1.36. The highest BCUT2D eigenvalue weighted by Gasteiger charge is 2.22. The summed E-state index contributed by atoms with van der Waals surface area (Å²) in [6.07, 6.45) is 5.26. The molecule has 0 aliphatic carbocycles. The van der Waals surface area contributed by atoms with Crippen molar-refractivity contribution in [2.75, 3.05) is 19.0 Å². The van der Waals surface area contributed by atoms with E-state index in [4.69, 9.17) is 4.74 Å². The van der Waals surface area contributed by atoms with Gasteiger partial charge in [0.15, 0.2) is 9.84 Å². The molecule has 0 atom stereocenters. The zero-order valence-electron chi connectivity index (χ0n) is 12.4. The molecule has 0 N–H and O–H groups in total. The Morgan fingerprint density at radius 2 is 1.91 bits per heavy atom. The van der Waals surface area contributed by atoms with Gasteiger partial charge < -0.3 is 4.74 Å². The van der Waals surface area contributed by atoms with Gasteiger partial charge in [0.1, 0.15) is 0 Å². The second-order valence-electron chi connectivity index (χ2n) is 5.73. The standard InChI is InChI=1S/C16H20N2O3S/c19-22(20,13-15-6-10-21-11-7-15)12-14-2-4-16(5-3-14)18-9-1-8-17-18/h1-5,8-9,15H,6-7,10-13H2. The van der Waals surface area contributed by atoms with Gasteiger partial charge in [-0.15, -0.1) is 0 Å². The summed E-state index contributed by atoms with van der Waals surface area (Å²) < 4.78 is 31.7. The maximum absolute atomic E-state index is 12.3. The SMILES string of the molecule is O=S(=O)(Cc1ccc(-n2cccn2)cc1)CC1CCOCC1. The molecule has 3 rings (SSSR count). The average molecular weight is 320 g/mol. The Kier molecular flexibility index (Phi) is 4.59. The fourth-order valence-electron chi connectivity index (χ4n) is 2.75. The number of ether oxygens (including phenoxy) is 1. The van der Waals surface area contributed by atoms with E-state index in [0.717, 1.165) is 24.1 Å². The largest absolute Gasteiger partial charge is 0.381 e. The second-order valence-corrected chi connectivity index (χ2v) is 7.84. The molecule has 0 amide bonds. The molecule has 5 nitrogen and oxygen atoms in total. The molecule has 2 heterocycles. The van der Waals surface area contributed by atoms with Gasteiger partial charge in [0.2, 0.25) is 0 Å².